The van der Waals surface area contributed by atoms with E-state index < -0.39 is 18.0 Å². The summed E-state index contributed by atoms with van der Waals surface area (Å²) >= 11 is 0. The lowest BCUT2D eigenvalue weighted by atomic mass is 10.1. The number of halogens is 3. The molecule has 0 radical (unpaired) electrons. The van der Waals surface area contributed by atoms with Crippen LogP contribution in [0.5, 0.6) is 0 Å². The summed E-state index contributed by atoms with van der Waals surface area (Å²) in [6.07, 6.45) is -3.90. The van der Waals surface area contributed by atoms with E-state index in [-0.39, 0.29) is 13.0 Å². The Morgan fingerprint density at radius 2 is 2.17 bits per heavy atom. The Morgan fingerprint density at radius 3 is 2.50 bits per heavy atom. The molecule has 1 fully saturated rings. The molecule has 3 N–H and O–H groups in total. The second-order valence-electron chi connectivity index (χ2n) is 3.03. The maximum Gasteiger partial charge on any atom is 0.392 e. The van der Waals surface area contributed by atoms with Crippen molar-refractivity contribution in [2.24, 2.45) is 17.7 Å². The number of nitrogens with two attached hydrogens (primary N) is 1. The largest absolute Gasteiger partial charge is 0.392 e. The van der Waals surface area contributed by atoms with Gasteiger partial charge in [0.2, 0.25) is 0 Å². The molecule has 1 aliphatic rings. The summed E-state index contributed by atoms with van der Waals surface area (Å²) in [5, 5.41) is 0. The molecule has 0 aromatic heterocycles. The Kier molecular flexibility index (Phi) is 2.44. The van der Waals surface area contributed by atoms with E-state index >= 15 is 0 Å². The third-order valence-electron chi connectivity index (χ3n) is 2.06. The minimum atomic E-state index is -4.07. The highest BCUT2D eigenvalue weighted by Gasteiger charge is 2.56. The van der Waals surface area contributed by atoms with Crippen LogP contribution in [0.3, 0.4) is 0 Å². The summed E-state index contributed by atoms with van der Waals surface area (Å²) in [6.45, 7) is 3.79. The smallest absolute Gasteiger partial charge is 0.271 e. The molecule has 5 heteroatoms. The highest BCUT2D eigenvalue weighted by atomic mass is 19.4. The molecule has 2 nitrogen and oxygen atoms in total. The number of alkyl halides is 3. The monoisotopic (exact) mass is 180 g/mol. The Labute approximate surface area is 68.6 Å². The molecular formula is C7H11F3N2. The van der Waals surface area contributed by atoms with E-state index in [4.69, 9.17) is 5.84 Å². The van der Waals surface area contributed by atoms with Gasteiger partial charge < -0.3 is 0 Å². The predicted molar refractivity (Wildman–Crippen MR) is 39.0 cm³/mol. The standard InChI is InChI=1S/C7H11F3N2/c1-4(3-12-11)5-2-6(5)7(8,9)10/h5-6,12H,1-3,11H2. The summed E-state index contributed by atoms with van der Waals surface area (Å²) < 4.78 is 36.0. The van der Waals surface area contributed by atoms with Gasteiger partial charge in [-0.25, -0.2) is 0 Å². The molecule has 1 rings (SSSR count). The lowest BCUT2D eigenvalue weighted by Gasteiger charge is -2.06. The van der Waals surface area contributed by atoms with E-state index in [2.05, 4.69) is 12.0 Å². The zero-order valence-electron chi connectivity index (χ0n) is 6.49. The van der Waals surface area contributed by atoms with Gasteiger partial charge in [0.05, 0.1) is 5.92 Å². The van der Waals surface area contributed by atoms with Crippen LogP contribution in [0.4, 0.5) is 13.2 Å². The topological polar surface area (TPSA) is 38.0 Å². The molecule has 1 aliphatic carbocycles. The fourth-order valence-electron chi connectivity index (χ4n) is 1.27. The van der Waals surface area contributed by atoms with Crippen LogP contribution in [-0.4, -0.2) is 12.7 Å². The quantitative estimate of drug-likeness (QED) is 0.389. The lowest BCUT2D eigenvalue weighted by molar-refractivity contribution is -0.149. The van der Waals surface area contributed by atoms with Gasteiger partial charge in [-0.15, -0.1) is 0 Å². The van der Waals surface area contributed by atoms with Crippen LogP contribution >= 0.6 is 0 Å². The fourth-order valence-corrected chi connectivity index (χ4v) is 1.27. The minimum Gasteiger partial charge on any atom is -0.271 e. The summed E-state index contributed by atoms with van der Waals surface area (Å²) in [6, 6.07) is 0. The van der Waals surface area contributed by atoms with Crippen molar-refractivity contribution in [1.82, 2.24) is 5.43 Å². The van der Waals surface area contributed by atoms with Crippen LogP contribution in [-0.2, 0) is 0 Å². The van der Waals surface area contributed by atoms with Crippen molar-refractivity contribution >= 4 is 0 Å². The van der Waals surface area contributed by atoms with Crippen molar-refractivity contribution in [3.8, 4) is 0 Å². The Balaban J connectivity index is 2.37. The highest BCUT2D eigenvalue weighted by molar-refractivity contribution is 5.14. The maximum absolute atomic E-state index is 12.0. The number of nitrogens with one attached hydrogen (secondary N) is 1. The molecular weight excluding hydrogens is 169 g/mol. The normalized spacial score (nSPS) is 28.7. The van der Waals surface area contributed by atoms with E-state index in [1.807, 2.05) is 0 Å². The van der Waals surface area contributed by atoms with Crippen molar-refractivity contribution in [2.75, 3.05) is 6.54 Å². The SMILES string of the molecule is C=C(CNN)C1CC1C(F)(F)F. The Bertz CT molecular complexity index is 188. The van der Waals surface area contributed by atoms with Gasteiger partial charge in [-0.2, -0.15) is 13.2 Å². The van der Waals surface area contributed by atoms with E-state index in [0.29, 0.717) is 5.57 Å². The van der Waals surface area contributed by atoms with Crippen molar-refractivity contribution in [2.45, 2.75) is 12.6 Å². The summed E-state index contributed by atoms with van der Waals surface area (Å²) in [5.41, 5.74) is 2.84. The number of hydrazine groups is 1. The summed E-state index contributed by atoms with van der Waals surface area (Å²) in [7, 11) is 0. The maximum atomic E-state index is 12.0. The molecule has 0 aromatic carbocycles. The predicted octanol–water partition coefficient (Wildman–Crippen LogP) is 1.20. The average Bonchev–Trinajstić information content (AvgIpc) is 2.62. The molecule has 12 heavy (non-hydrogen) atoms. The Morgan fingerprint density at radius 1 is 1.58 bits per heavy atom. The number of hydrogen-bond acceptors (Lipinski definition) is 2. The zero-order chi connectivity index (χ0) is 9.35. The summed E-state index contributed by atoms with van der Waals surface area (Å²) in [5.74, 6) is 3.36. The van der Waals surface area contributed by atoms with Crippen LogP contribution in [0.25, 0.3) is 0 Å². The number of hydrogen-bond donors (Lipinski definition) is 2. The second kappa shape index (κ2) is 3.06. The van der Waals surface area contributed by atoms with E-state index in [1.54, 1.807) is 0 Å². The van der Waals surface area contributed by atoms with E-state index in [9.17, 15) is 13.2 Å². The van der Waals surface area contributed by atoms with Gasteiger partial charge in [-0.05, 0) is 12.3 Å². The molecule has 2 atom stereocenters. The van der Waals surface area contributed by atoms with Gasteiger partial charge in [-0.3, -0.25) is 11.3 Å². The molecule has 0 aliphatic heterocycles. The third kappa shape index (κ3) is 1.98. The molecule has 70 valence electrons. The van der Waals surface area contributed by atoms with Gasteiger partial charge in [0.15, 0.2) is 0 Å². The third-order valence-corrected chi connectivity index (χ3v) is 2.06. The molecule has 0 aromatic rings. The van der Waals surface area contributed by atoms with E-state index in [1.165, 1.54) is 0 Å². The van der Waals surface area contributed by atoms with Crippen LogP contribution in [0, 0.1) is 11.8 Å². The van der Waals surface area contributed by atoms with Gasteiger partial charge in [0, 0.05) is 6.54 Å². The lowest BCUT2D eigenvalue weighted by Crippen LogP contribution is -2.25. The van der Waals surface area contributed by atoms with Crippen LogP contribution < -0.4 is 11.3 Å². The first-order valence-electron chi connectivity index (χ1n) is 3.64. The summed E-state index contributed by atoms with van der Waals surface area (Å²) in [4.78, 5) is 0. The molecule has 2 unspecified atom stereocenters. The van der Waals surface area contributed by atoms with Gasteiger partial charge in [-0.1, -0.05) is 12.2 Å². The van der Waals surface area contributed by atoms with Crippen molar-refractivity contribution in [3.63, 3.8) is 0 Å². The molecule has 1 saturated carbocycles. The van der Waals surface area contributed by atoms with Crippen molar-refractivity contribution in [3.05, 3.63) is 12.2 Å². The van der Waals surface area contributed by atoms with Crippen LogP contribution in [0.2, 0.25) is 0 Å². The Hall–Kier alpha value is -0.550. The molecule has 0 amide bonds. The van der Waals surface area contributed by atoms with Gasteiger partial charge >= 0.3 is 6.18 Å². The fraction of sp³-hybridized carbons (Fsp3) is 0.714. The molecule has 0 heterocycles. The molecule has 0 saturated heterocycles. The average molecular weight is 180 g/mol. The first kappa shape index (κ1) is 9.54. The highest BCUT2D eigenvalue weighted by Crippen LogP contribution is 2.52. The number of rotatable bonds is 3. The first-order valence-corrected chi connectivity index (χ1v) is 3.64. The van der Waals surface area contributed by atoms with Crippen LogP contribution in [0.15, 0.2) is 12.2 Å². The van der Waals surface area contributed by atoms with Gasteiger partial charge in [0.25, 0.3) is 0 Å². The van der Waals surface area contributed by atoms with Crippen LogP contribution in [0.1, 0.15) is 6.42 Å². The first-order chi connectivity index (χ1) is 5.46. The molecule has 0 spiro atoms. The zero-order valence-corrected chi connectivity index (χ0v) is 6.49. The molecule has 0 bridgehead atoms. The van der Waals surface area contributed by atoms with E-state index in [0.717, 1.165) is 0 Å². The van der Waals surface area contributed by atoms with Gasteiger partial charge in [0.1, 0.15) is 0 Å². The van der Waals surface area contributed by atoms with Crippen molar-refractivity contribution < 1.29 is 13.2 Å². The van der Waals surface area contributed by atoms with Crippen molar-refractivity contribution in [1.29, 1.82) is 0 Å². The second-order valence-corrected chi connectivity index (χ2v) is 3.03. The minimum absolute atomic E-state index is 0.171.